The number of nitrogens with zero attached hydrogens (tertiary/aromatic N) is 3. The van der Waals surface area contributed by atoms with Crippen LogP contribution < -0.4 is 4.74 Å². The Morgan fingerprint density at radius 1 is 1.28 bits per heavy atom. The number of halogens is 2. The third kappa shape index (κ3) is 2.87. The number of ether oxygens (including phenoxy) is 1. The Labute approximate surface area is 156 Å². The third-order valence-corrected chi connectivity index (χ3v) is 5.41. The number of hydrogen-bond donors (Lipinski definition) is 0. The average molecular weight is 376 g/mol. The number of aromatic nitrogens is 3. The Morgan fingerprint density at radius 2 is 2.08 bits per heavy atom. The fraction of sp³-hybridized carbons (Fsp3) is 0.368. The second-order valence-corrected chi connectivity index (χ2v) is 7.28. The van der Waals surface area contributed by atoms with Crippen molar-refractivity contribution in [1.82, 2.24) is 14.5 Å². The second-order valence-electron chi connectivity index (χ2n) is 6.43. The molecule has 1 aliphatic rings. The van der Waals surface area contributed by atoms with E-state index in [0.717, 1.165) is 28.7 Å². The van der Waals surface area contributed by atoms with Crippen LogP contribution in [0.15, 0.2) is 30.5 Å². The number of pyridine rings is 1. The molecule has 2 aromatic heterocycles. The van der Waals surface area contributed by atoms with Crippen LogP contribution in [0.25, 0.3) is 22.3 Å². The molecule has 1 unspecified atom stereocenters. The smallest absolute Gasteiger partial charge is 0.297 e. The van der Waals surface area contributed by atoms with E-state index >= 15 is 0 Å². The molecular weight excluding hydrogens is 357 g/mol. The standard InChI is InChI=1S/C19H19Cl2N3O/c1-3-15(11-4-5-11)24-16-8-9-22-17(18(16)23-19(24)25-2)13-7-6-12(20)10-14(13)21/h6-11,15H,3-5H2,1-2H3. The molecule has 1 aliphatic carbocycles. The van der Waals surface area contributed by atoms with E-state index in [2.05, 4.69) is 16.5 Å². The van der Waals surface area contributed by atoms with E-state index in [1.165, 1.54) is 12.8 Å². The molecule has 6 heteroatoms. The Bertz CT molecular complexity index is 934. The predicted octanol–water partition coefficient (Wildman–Crippen LogP) is 5.77. The van der Waals surface area contributed by atoms with Crippen LogP contribution >= 0.6 is 23.2 Å². The Kier molecular flexibility index (Phi) is 4.34. The van der Waals surface area contributed by atoms with E-state index in [1.54, 1.807) is 19.4 Å². The Morgan fingerprint density at radius 3 is 2.72 bits per heavy atom. The molecule has 130 valence electrons. The lowest BCUT2D eigenvalue weighted by Gasteiger charge is -2.19. The van der Waals surface area contributed by atoms with Gasteiger partial charge in [-0.2, -0.15) is 4.98 Å². The molecule has 0 radical (unpaired) electrons. The zero-order chi connectivity index (χ0) is 17.6. The first-order chi connectivity index (χ1) is 12.1. The van der Waals surface area contributed by atoms with Gasteiger partial charge in [0.2, 0.25) is 0 Å². The van der Waals surface area contributed by atoms with Crippen molar-refractivity contribution in [2.24, 2.45) is 5.92 Å². The second kappa shape index (κ2) is 6.50. The van der Waals surface area contributed by atoms with Gasteiger partial charge in [-0.3, -0.25) is 9.55 Å². The Hall–Kier alpha value is -1.78. The topological polar surface area (TPSA) is 39.9 Å². The van der Waals surface area contributed by atoms with Gasteiger partial charge in [-0.1, -0.05) is 30.1 Å². The van der Waals surface area contributed by atoms with E-state index < -0.39 is 0 Å². The molecule has 2 heterocycles. The zero-order valence-electron chi connectivity index (χ0n) is 14.2. The van der Waals surface area contributed by atoms with Gasteiger partial charge >= 0.3 is 0 Å². The molecule has 0 N–H and O–H groups in total. The monoisotopic (exact) mass is 375 g/mol. The molecule has 0 amide bonds. The normalized spacial score (nSPS) is 15.5. The van der Waals surface area contributed by atoms with Gasteiger partial charge in [0.25, 0.3) is 6.01 Å². The van der Waals surface area contributed by atoms with Crippen LogP contribution in [0.2, 0.25) is 10.0 Å². The summed E-state index contributed by atoms with van der Waals surface area (Å²) >= 11 is 12.4. The first-order valence-electron chi connectivity index (χ1n) is 8.50. The lowest BCUT2D eigenvalue weighted by Crippen LogP contribution is -2.11. The molecule has 25 heavy (non-hydrogen) atoms. The van der Waals surface area contributed by atoms with E-state index in [-0.39, 0.29) is 0 Å². The predicted molar refractivity (Wildman–Crippen MR) is 102 cm³/mol. The van der Waals surface area contributed by atoms with Crippen LogP contribution in [0.4, 0.5) is 0 Å². The van der Waals surface area contributed by atoms with Gasteiger partial charge in [-0.15, -0.1) is 0 Å². The number of rotatable bonds is 5. The molecule has 1 aromatic carbocycles. The van der Waals surface area contributed by atoms with Crippen molar-refractivity contribution >= 4 is 34.2 Å². The molecule has 0 spiro atoms. The molecule has 4 rings (SSSR count). The van der Waals surface area contributed by atoms with Crippen LogP contribution in [-0.4, -0.2) is 21.6 Å². The molecular formula is C19H19Cl2N3O. The fourth-order valence-electron chi connectivity index (χ4n) is 3.55. The lowest BCUT2D eigenvalue weighted by molar-refractivity contribution is 0.323. The van der Waals surface area contributed by atoms with Crippen molar-refractivity contribution in [3.63, 3.8) is 0 Å². The van der Waals surface area contributed by atoms with Crippen molar-refractivity contribution < 1.29 is 4.74 Å². The molecule has 1 atom stereocenters. The quantitative estimate of drug-likeness (QED) is 0.567. The van der Waals surface area contributed by atoms with Gasteiger partial charge in [0.15, 0.2) is 0 Å². The van der Waals surface area contributed by atoms with Gasteiger partial charge in [0.05, 0.1) is 23.3 Å². The molecule has 4 nitrogen and oxygen atoms in total. The summed E-state index contributed by atoms with van der Waals surface area (Å²) in [5.41, 5.74) is 3.42. The highest BCUT2D eigenvalue weighted by atomic mass is 35.5. The van der Waals surface area contributed by atoms with Gasteiger partial charge in [0, 0.05) is 22.8 Å². The molecule has 1 saturated carbocycles. The Balaban J connectivity index is 1.94. The van der Waals surface area contributed by atoms with Crippen LogP contribution in [0.1, 0.15) is 32.2 Å². The highest BCUT2D eigenvalue weighted by Crippen LogP contribution is 2.45. The van der Waals surface area contributed by atoms with Crippen molar-refractivity contribution in [2.45, 2.75) is 32.2 Å². The minimum atomic E-state index is 0.399. The summed E-state index contributed by atoms with van der Waals surface area (Å²) in [6.45, 7) is 2.21. The van der Waals surface area contributed by atoms with Crippen LogP contribution in [-0.2, 0) is 0 Å². The van der Waals surface area contributed by atoms with Gasteiger partial charge in [0.1, 0.15) is 5.52 Å². The fourth-order valence-corrected chi connectivity index (χ4v) is 4.05. The molecule has 0 bridgehead atoms. The lowest BCUT2D eigenvalue weighted by atomic mass is 10.1. The van der Waals surface area contributed by atoms with E-state index in [1.807, 2.05) is 18.2 Å². The zero-order valence-corrected chi connectivity index (χ0v) is 15.7. The van der Waals surface area contributed by atoms with Crippen LogP contribution in [0.3, 0.4) is 0 Å². The number of imidazole rings is 1. The average Bonchev–Trinajstić information content (AvgIpc) is 3.36. The van der Waals surface area contributed by atoms with Crippen molar-refractivity contribution in [3.05, 3.63) is 40.5 Å². The van der Waals surface area contributed by atoms with E-state index in [4.69, 9.17) is 32.9 Å². The van der Waals surface area contributed by atoms with Crippen LogP contribution in [0, 0.1) is 5.92 Å². The van der Waals surface area contributed by atoms with Gasteiger partial charge in [-0.05, 0) is 49.4 Å². The molecule has 3 aromatic rings. The summed E-state index contributed by atoms with van der Waals surface area (Å²) in [7, 11) is 1.67. The van der Waals surface area contributed by atoms with E-state index in [0.29, 0.717) is 28.0 Å². The summed E-state index contributed by atoms with van der Waals surface area (Å²) in [4.78, 5) is 9.28. The summed E-state index contributed by atoms with van der Waals surface area (Å²) in [5.74, 6) is 0.701. The number of benzene rings is 1. The maximum absolute atomic E-state index is 6.40. The first kappa shape index (κ1) is 16.7. The number of methoxy groups -OCH3 is 1. The largest absolute Gasteiger partial charge is 0.468 e. The molecule has 0 saturated heterocycles. The summed E-state index contributed by atoms with van der Waals surface area (Å²) in [6.07, 6.45) is 5.39. The number of hydrogen-bond acceptors (Lipinski definition) is 3. The van der Waals surface area contributed by atoms with E-state index in [9.17, 15) is 0 Å². The highest BCUT2D eigenvalue weighted by Gasteiger charge is 2.34. The first-order valence-corrected chi connectivity index (χ1v) is 9.26. The minimum absolute atomic E-state index is 0.399. The summed E-state index contributed by atoms with van der Waals surface area (Å²) in [6, 6.07) is 8.46. The maximum atomic E-state index is 6.40. The minimum Gasteiger partial charge on any atom is -0.468 e. The van der Waals surface area contributed by atoms with Gasteiger partial charge in [-0.25, -0.2) is 0 Å². The summed E-state index contributed by atoms with van der Waals surface area (Å²) < 4.78 is 7.83. The molecule has 1 fully saturated rings. The maximum Gasteiger partial charge on any atom is 0.297 e. The van der Waals surface area contributed by atoms with Crippen molar-refractivity contribution in [2.75, 3.05) is 7.11 Å². The number of fused-ring (bicyclic) bond motifs is 1. The summed E-state index contributed by atoms with van der Waals surface area (Å²) in [5, 5.41) is 1.17. The SMILES string of the molecule is CCC(C1CC1)n1c(OC)nc2c(-c3ccc(Cl)cc3Cl)nccc21. The van der Waals surface area contributed by atoms with Crippen molar-refractivity contribution in [1.29, 1.82) is 0 Å². The third-order valence-electron chi connectivity index (χ3n) is 4.86. The molecule has 0 aliphatic heterocycles. The highest BCUT2D eigenvalue weighted by molar-refractivity contribution is 6.36. The van der Waals surface area contributed by atoms with Crippen LogP contribution in [0.5, 0.6) is 6.01 Å². The van der Waals surface area contributed by atoms with Gasteiger partial charge < -0.3 is 4.74 Å². The van der Waals surface area contributed by atoms with Crippen molar-refractivity contribution in [3.8, 4) is 17.3 Å².